The molecule has 0 aliphatic carbocycles. The third kappa shape index (κ3) is 2.73. The molecule has 0 radical (unpaired) electrons. The van der Waals surface area contributed by atoms with Crippen molar-refractivity contribution in [3.05, 3.63) is 66.4 Å². The molecule has 0 N–H and O–H groups in total. The molecule has 0 atom stereocenters. The fourth-order valence-corrected chi connectivity index (χ4v) is 2.92. The Morgan fingerprint density at radius 2 is 1.67 bits per heavy atom. The van der Waals surface area contributed by atoms with Crippen LogP contribution in [0.25, 0.3) is 10.8 Å². The highest BCUT2D eigenvalue weighted by atomic mass is 32.2. The molecule has 0 spiro atoms. The van der Waals surface area contributed by atoms with E-state index in [0.29, 0.717) is 5.39 Å². The lowest BCUT2D eigenvalue weighted by molar-refractivity contribution is 0.479. The standard InChI is InChI=1S/C16H13NO3S/c1-12-6-8-14(9-7-12)21(18,19)20-16-15-5-3-2-4-13(15)10-11-17-16/h2-11H,1H3. The van der Waals surface area contributed by atoms with Gasteiger partial charge in [0.05, 0.1) is 0 Å². The predicted molar refractivity (Wildman–Crippen MR) is 80.7 cm³/mol. The maximum atomic E-state index is 12.3. The summed E-state index contributed by atoms with van der Waals surface area (Å²) in [5, 5.41) is 1.54. The quantitative estimate of drug-likeness (QED) is 0.696. The maximum absolute atomic E-state index is 12.3. The third-order valence-corrected chi connectivity index (χ3v) is 4.36. The van der Waals surface area contributed by atoms with E-state index < -0.39 is 10.1 Å². The summed E-state index contributed by atoms with van der Waals surface area (Å²) in [6.45, 7) is 1.89. The average Bonchev–Trinajstić information content (AvgIpc) is 2.48. The first-order valence-corrected chi connectivity index (χ1v) is 7.82. The van der Waals surface area contributed by atoms with Crippen LogP contribution in [0.5, 0.6) is 5.88 Å². The number of benzene rings is 2. The van der Waals surface area contributed by atoms with Gasteiger partial charge in [-0.25, -0.2) is 4.98 Å². The van der Waals surface area contributed by atoms with Crippen LogP contribution in [0.1, 0.15) is 5.56 Å². The monoisotopic (exact) mass is 299 g/mol. The van der Waals surface area contributed by atoms with Gasteiger partial charge in [-0.05, 0) is 36.6 Å². The number of fused-ring (bicyclic) bond motifs is 1. The highest BCUT2D eigenvalue weighted by Gasteiger charge is 2.18. The van der Waals surface area contributed by atoms with Crippen molar-refractivity contribution in [2.75, 3.05) is 0 Å². The number of rotatable bonds is 3. The van der Waals surface area contributed by atoms with Gasteiger partial charge in [0.2, 0.25) is 5.88 Å². The molecular weight excluding hydrogens is 286 g/mol. The summed E-state index contributed by atoms with van der Waals surface area (Å²) in [6.07, 6.45) is 1.53. The van der Waals surface area contributed by atoms with Crippen molar-refractivity contribution >= 4 is 20.9 Å². The van der Waals surface area contributed by atoms with Crippen LogP contribution in [0.2, 0.25) is 0 Å². The Balaban J connectivity index is 2.03. The molecule has 3 aromatic rings. The zero-order chi connectivity index (χ0) is 14.9. The Morgan fingerprint density at radius 3 is 2.43 bits per heavy atom. The zero-order valence-corrected chi connectivity index (χ0v) is 12.2. The molecule has 4 nitrogen and oxygen atoms in total. The molecule has 0 aliphatic rings. The van der Waals surface area contributed by atoms with Crippen molar-refractivity contribution in [3.63, 3.8) is 0 Å². The van der Waals surface area contributed by atoms with Crippen LogP contribution in [0.15, 0.2) is 65.7 Å². The first-order valence-electron chi connectivity index (χ1n) is 6.41. The molecule has 2 aromatic carbocycles. The van der Waals surface area contributed by atoms with E-state index in [1.54, 1.807) is 24.3 Å². The molecule has 0 bridgehead atoms. The fourth-order valence-electron chi connectivity index (χ4n) is 2.02. The summed E-state index contributed by atoms with van der Waals surface area (Å²) in [6, 6.07) is 15.7. The number of nitrogens with zero attached hydrogens (tertiary/aromatic N) is 1. The molecule has 106 valence electrons. The Kier molecular flexibility index (Phi) is 3.35. The van der Waals surface area contributed by atoms with Crippen molar-refractivity contribution in [1.82, 2.24) is 4.98 Å². The molecule has 0 saturated carbocycles. The number of pyridine rings is 1. The van der Waals surface area contributed by atoms with E-state index in [2.05, 4.69) is 4.98 Å². The second kappa shape index (κ2) is 5.18. The van der Waals surface area contributed by atoms with Crippen LogP contribution in [0.3, 0.4) is 0 Å². The van der Waals surface area contributed by atoms with Crippen molar-refractivity contribution in [1.29, 1.82) is 0 Å². The van der Waals surface area contributed by atoms with Gasteiger partial charge in [-0.2, -0.15) is 8.42 Å². The minimum atomic E-state index is -3.88. The van der Waals surface area contributed by atoms with E-state index in [9.17, 15) is 8.42 Å². The van der Waals surface area contributed by atoms with Crippen molar-refractivity contribution < 1.29 is 12.6 Å². The molecule has 0 aliphatic heterocycles. The lowest BCUT2D eigenvalue weighted by Gasteiger charge is -2.08. The van der Waals surface area contributed by atoms with Gasteiger partial charge >= 0.3 is 10.1 Å². The SMILES string of the molecule is Cc1ccc(S(=O)(=O)Oc2nccc3ccccc23)cc1. The van der Waals surface area contributed by atoms with E-state index in [-0.39, 0.29) is 10.8 Å². The van der Waals surface area contributed by atoms with E-state index >= 15 is 0 Å². The lowest BCUT2D eigenvalue weighted by atomic mass is 10.2. The Morgan fingerprint density at radius 1 is 0.952 bits per heavy atom. The molecule has 1 heterocycles. The van der Waals surface area contributed by atoms with Crippen molar-refractivity contribution in [3.8, 4) is 5.88 Å². The van der Waals surface area contributed by atoms with Crippen molar-refractivity contribution in [2.45, 2.75) is 11.8 Å². The van der Waals surface area contributed by atoms with Gasteiger partial charge in [-0.3, -0.25) is 0 Å². The van der Waals surface area contributed by atoms with Gasteiger partial charge < -0.3 is 4.18 Å². The Hall–Kier alpha value is -2.40. The maximum Gasteiger partial charge on any atom is 0.340 e. The number of aromatic nitrogens is 1. The molecule has 0 fully saturated rings. The smallest absolute Gasteiger partial charge is 0.340 e. The largest absolute Gasteiger partial charge is 0.357 e. The van der Waals surface area contributed by atoms with E-state index in [1.165, 1.54) is 18.3 Å². The normalized spacial score (nSPS) is 11.5. The van der Waals surface area contributed by atoms with Crippen LogP contribution in [0.4, 0.5) is 0 Å². The van der Waals surface area contributed by atoms with Crippen LogP contribution < -0.4 is 4.18 Å². The predicted octanol–water partition coefficient (Wildman–Crippen LogP) is 3.31. The second-order valence-electron chi connectivity index (χ2n) is 4.69. The van der Waals surface area contributed by atoms with Gasteiger partial charge in [0, 0.05) is 11.6 Å². The average molecular weight is 299 g/mol. The first-order chi connectivity index (χ1) is 10.1. The Labute approximate surface area is 123 Å². The van der Waals surface area contributed by atoms with Crippen LogP contribution >= 0.6 is 0 Å². The number of hydrogen-bond donors (Lipinski definition) is 0. The summed E-state index contributed by atoms with van der Waals surface area (Å²) in [7, 11) is -3.88. The highest BCUT2D eigenvalue weighted by Crippen LogP contribution is 2.25. The molecule has 21 heavy (non-hydrogen) atoms. The minimum absolute atomic E-state index is 0.0914. The topological polar surface area (TPSA) is 56.3 Å². The molecule has 0 saturated heterocycles. The summed E-state index contributed by atoms with van der Waals surface area (Å²) in [5.41, 5.74) is 0.984. The van der Waals surface area contributed by atoms with Crippen LogP contribution in [-0.2, 0) is 10.1 Å². The van der Waals surface area contributed by atoms with Gasteiger partial charge in [-0.15, -0.1) is 0 Å². The van der Waals surface area contributed by atoms with Gasteiger partial charge in [0.15, 0.2) is 0 Å². The van der Waals surface area contributed by atoms with Gasteiger partial charge in [0.1, 0.15) is 4.90 Å². The van der Waals surface area contributed by atoms with E-state index in [4.69, 9.17) is 4.18 Å². The van der Waals surface area contributed by atoms with E-state index in [0.717, 1.165) is 10.9 Å². The fraction of sp³-hybridized carbons (Fsp3) is 0.0625. The van der Waals surface area contributed by atoms with Gasteiger partial charge in [0.25, 0.3) is 0 Å². The number of hydrogen-bond acceptors (Lipinski definition) is 4. The summed E-state index contributed by atoms with van der Waals surface area (Å²) in [4.78, 5) is 4.15. The second-order valence-corrected chi connectivity index (χ2v) is 6.23. The lowest BCUT2D eigenvalue weighted by Crippen LogP contribution is -2.10. The Bertz CT molecular complexity index is 882. The first kappa shape index (κ1) is 13.6. The molecule has 0 amide bonds. The molecule has 1 aromatic heterocycles. The highest BCUT2D eigenvalue weighted by molar-refractivity contribution is 7.87. The molecule has 5 heteroatoms. The van der Waals surface area contributed by atoms with Crippen molar-refractivity contribution in [2.24, 2.45) is 0 Å². The number of aryl methyl sites for hydroxylation is 1. The molecule has 3 rings (SSSR count). The zero-order valence-electron chi connectivity index (χ0n) is 11.4. The summed E-state index contributed by atoms with van der Waals surface area (Å²) < 4.78 is 29.8. The van der Waals surface area contributed by atoms with Gasteiger partial charge in [-0.1, -0.05) is 35.9 Å². The van der Waals surface area contributed by atoms with Crippen LogP contribution in [0, 0.1) is 6.92 Å². The third-order valence-electron chi connectivity index (χ3n) is 3.14. The summed E-state index contributed by atoms with van der Waals surface area (Å²) >= 11 is 0. The molecular formula is C16H13NO3S. The van der Waals surface area contributed by atoms with E-state index in [1.807, 2.05) is 25.1 Å². The minimum Gasteiger partial charge on any atom is -0.357 e. The van der Waals surface area contributed by atoms with Crippen LogP contribution in [-0.4, -0.2) is 13.4 Å². The summed E-state index contributed by atoms with van der Waals surface area (Å²) in [5.74, 6) is 0.0914. The molecule has 0 unspecified atom stereocenters.